The van der Waals surface area contributed by atoms with E-state index in [-0.39, 0.29) is 13.2 Å². The fraction of sp³-hybridized carbons (Fsp3) is 0.176. The molecule has 0 aliphatic rings. The van der Waals surface area contributed by atoms with Gasteiger partial charge < -0.3 is 19.2 Å². The Morgan fingerprint density at radius 3 is 2.87 bits per heavy atom. The van der Waals surface area contributed by atoms with E-state index in [1.807, 2.05) is 12.1 Å². The summed E-state index contributed by atoms with van der Waals surface area (Å²) in [5.41, 5.74) is 0.795. The number of carbonyl (C=O) groups excluding carboxylic acids is 2. The Morgan fingerprint density at radius 1 is 1.26 bits per heavy atom. The van der Waals surface area contributed by atoms with Crippen molar-refractivity contribution in [3.05, 3.63) is 60.1 Å². The highest BCUT2D eigenvalue weighted by Crippen LogP contribution is 2.13. The van der Waals surface area contributed by atoms with E-state index >= 15 is 0 Å². The number of ether oxygens (including phenoxy) is 2. The van der Waals surface area contributed by atoms with Crippen molar-refractivity contribution in [1.29, 1.82) is 0 Å². The van der Waals surface area contributed by atoms with E-state index in [2.05, 4.69) is 5.32 Å². The van der Waals surface area contributed by atoms with Crippen LogP contribution in [-0.2, 0) is 20.9 Å². The summed E-state index contributed by atoms with van der Waals surface area (Å²) in [6.45, 7) is -0.0922. The minimum atomic E-state index is -0.596. The Balaban J connectivity index is 1.73. The molecule has 0 aliphatic carbocycles. The fourth-order valence-electron chi connectivity index (χ4n) is 1.74. The molecule has 2 aromatic rings. The predicted molar refractivity (Wildman–Crippen MR) is 83.5 cm³/mol. The van der Waals surface area contributed by atoms with Crippen molar-refractivity contribution in [2.75, 3.05) is 13.7 Å². The second-order valence-corrected chi connectivity index (χ2v) is 4.57. The number of benzene rings is 1. The van der Waals surface area contributed by atoms with E-state index in [4.69, 9.17) is 13.9 Å². The molecule has 120 valence electrons. The molecule has 0 radical (unpaired) electrons. The van der Waals surface area contributed by atoms with Crippen LogP contribution < -0.4 is 10.1 Å². The van der Waals surface area contributed by atoms with Crippen LogP contribution in [0.25, 0.3) is 6.08 Å². The molecule has 1 aromatic heterocycles. The summed E-state index contributed by atoms with van der Waals surface area (Å²) in [7, 11) is 1.57. The number of carbonyl (C=O) groups is 2. The molecule has 0 fully saturated rings. The number of hydrogen-bond donors (Lipinski definition) is 1. The van der Waals surface area contributed by atoms with E-state index in [0.29, 0.717) is 11.5 Å². The minimum absolute atomic E-state index is 0.253. The van der Waals surface area contributed by atoms with Crippen LogP contribution in [0.1, 0.15) is 11.3 Å². The summed E-state index contributed by atoms with van der Waals surface area (Å²) < 4.78 is 15.0. The molecule has 0 saturated carbocycles. The molecule has 1 aromatic carbocycles. The Bertz CT molecular complexity index is 676. The van der Waals surface area contributed by atoms with E-state index in [1.165, 1.54) is 12.3 Å². The summed E-state index contributed by atoms with van der Waals surface area (Å²) >= 11 is 0. The molecule has 23 heavy (non-hydrogen) atoms. The van der Waals surface area contributed by atoms with Gasteiger partial charge in [0, 0.05) is 6.08 Å². The average Bonchev–Trinajstić information content (AvgIpc) is 3.10. The van der Waals surface area contributed by atoms with Gasteiger partial charge >= 0.3 is 5.97 Å². The Labute approximate surface area is 133 Å². The van der Waals surface area contributed by atoms with Crippen molar-refractivity contribution in [2.45, 2.75) is 6.54 Å². The zero-order valence-corrected chi connectivity index (χ0v) is 12.7. The quantitative estimate of drug-likeness (QED) is 0.626. The Hall–Kier alpha value is -3.02. The van der Waals surface area contributed by atoms with Crippen LogP contribution in [0, 0.1) is 0 Å². The van der Waals surface area contributed by atoms with Crippen LogP contribution in [0.3, 0.4) is 0 Å². The van der Waals surface area contributed by atoms with Crippen LogP contribution in [-0.4, -0.2) is 25.6 Å². The summed E-state index contributed by atoms with van der Waals surface area (Å²) in [4.78, 5) is 23.1. The second-order valence-electron chi connectivity index (χ2n) is 4.57. The molecule has 2 rings (SSSR count). The molecular formula is C17H17NO5. The van der Waals surface area contributed by atoms with Gasteiger partial charge in [-0.2, -0.15) is 0 Å². The van der Waals surface area contributed by atoms with Crippen molar-refractivity contribution in [3.63, 3.8) is 0 Å². The number of nitrogens with one attached hydrogen (secondary N) is 1. The molecule has 0 atom stereocenters. The summed E-state index contributed by atoms with van der Waals surface area (Å²) in [5, 5.41) is 2.58. The van der Waals surface area contributed by atoms with Gasteiger partial charge in [0.1, 0.15) is 11.5 Å². The van der Waals surface area contributed by atoms with Gasteiger partial charge in [0.15, 0.2) is 6.61 Å². The third kappa shape index (κ3) is 5.70. The highest BCUT2D eigenvalue weighted by molar-refractivity contribution is 5.89. The summed E-state index contributed by atoms with van der Waals surface area (Å²) in [6.07, 6.45) is 4.37. The number of rotatable bonds is 7. The molecule has 0 unspecified atom stereocenters. The van der Waals surface area contributed by atoms with E-state index in [1.54, 1.807) is 37.5 Å². The van der Waals surface area contributed by atoms with Gasteiger partial charge in [-0.15, -0.1) is 0 Å². The van der Waals surface area contributed by atoms with Gasteiger partial charge in [-0.3, -0.25) is 4.79 Å². The van der Waals surface area contributed by atoms with Gasteiger partial charge in [-0.25, -0.2) is 4.79 Å². The van der Waals surface area contributed by atoms with Gasteiger partial charge in [-0.05, 0) is 35.9 Å². The zero-order valence-electron chi connectivity index (χ0n) is 12.7. The lowest BCUT2D eigenvalue weighted by Crippen LogP contribution is -2.27. The zero-order chi connectivity index (χ0) is 16.5. The van der Waals surface area contributed by atoms with Crippen molar-refractivity contribution in [3.8, 4) is 5.75 Å². The number of hydrogen-bond acceptors (Lipinski definition) is 5. The highest BCUT2D eigenvalue weighted by Gasteiger charge is 2.05. The first kappa shape index (κ1) is 16.4. The standard InChI is InChI=1S/C17H17NO5/c1-21-14-5-2-4-13(10-14)7-8-17(20)23-12-16(19)18-11-15-6-3-9-22-15/h2-10H,11-12H2,1H3,(H,18,19). The number of furan rings is 1. The maximum Gasteiger partial charge on any atom is 0.331 e. The van der Waals surface area contributed by atoms with Crippen LogP contribution in [0.4, 0.5) is 0 Å². The highest BCUT2D eigenvalue weighted by atomic mass is 16.5. The molecule has 1 N–H and O–H groups in total. The molecule has 0 bridgehead atoms. The van der Waals surface area contributed by atoms with Crippen LogP contribution >= 0.6 is 0 Å². The third-order valence-electron chi connectivity index (χ3n) is 2.89. The first-order valence-electron chi connectivity index (χ1n) is 6.95. The van der Waals surface area contributed by atoms with Gasteiger partial charge in [0.25, 0.3) is 5.91 Å². The topological polar surface area (TPSA) is 77.8 Å². The van der Waals surface area contributed by atoms with Gasteiger partial charge in [0.05, 0.1) is 19.9 Å². The second kappa shape index (κ2) is 8.43. The van der Waals surface area contributed by atoms with Gasteiger partial charge in [0.2, 0.25) is 0 Å². The van der Waals surface area contributed by atoms with Crippen LogP contribution in [0.5, 0.6) is 5.75 Å². The molecule has 6 heteroatoms. The minimum Gasteiger partial charge on any atom is -0.497 e. The number of methoxy groups -OCH3 is 1. The fourth-order valence-corrected chi connectivity index (χ4v) is 1.74. The normalized spacial score (nSPS) is 10.5. The number of amides is 1. The molecule has 1 amide bonds. The lowest BCUT2D eigenvalue weighted by Gasteiger charge is -2.03. The lowest BCUT2D eigenvalue weighted by molar-refractivity contribution is -0.143. The van der Waals surface area contributed by atoms with E-state index < -0.39 is 11.9 Å². The summed E-state index contributed by atoms with van der Waals surface area (Å²) in [5.74, 6) is 0.325. The molecule has 0 aliphatic heterocycles. The Morgan fingerprint density at radius 2 is 2.13 bits per heavy atom. The number of esters is 1. The Kier molecular flexibility index (Phi) is 5.99. The van der Waals surface area contributed by atoms with E-state index in [0.717, 1.165) is 5.56 Å². The molecule has 1 heterocycles. The van der Waals surface area contributed by atoms with Crippen molar-refractivity contribution in [2.24, 2.45) is 0 Å². The SMILES string of the molecule is COc1cccc(C=CC(=O)OCC(=O)NCc2ccco2)c1. The summed E-state index contributed by atoms with van der Waals surface area (Å²) in [6, 6.07) is 10.7. The van der Waals surface area contributed by atoms with Crippen LogP contribution in [0.15, 0.2) is 53.2 Å². The molecule has 0 spiro atoms. The lowest BCUT2D eigenvalue weighted by atomic mass is 10.2. The largest absolute Gasteiger partial charge is 0.497 e. The van der Waals surface area contributed by atoms with Crippen LogP contribution in [0.2, 0.25) is 0 Å². The monoisotopic (exact) mass is 315 g/mol. The smallest absolute Gasteiger partial charge is 0.331 e. The maximum absolute atomic E-state index is 11.6. The van der Waals surface area contributed by atoms with Crippen molar-refractivity contribution < 1.29 is 23.5 Å². The molecule has 6 nitrogen and oxygen atoms in total. The van der Waals surface area contributed by atoms with Gasteiger partial charge in [-0.1, -0.05) is 12.1 Å². The average molecular weight is 315 g/mol. The van der Waals surface area contributed by atoms with Crippen molar-refractivity contribution >= 4 is 18.0 Å². The van der Waals surface area contributed by atoms with Crippen molar-refractivity contribution in [1.82, 2.24) is 5.32 Å². The first-order valence-corrected chi connectivity index (χ1v) is 6.95. The maximum atomic E-state index is 11.6. The predicted octanol–water partition coefficient (Wildman–Crippen LogP) is 2.16. The first-order chi connectivity index (χ1) is 11.2. The van der Waals surface area contributed by atoms with E-state index in [9.17, 15) is 9.59 Å². The molecular weight excluding hydrogens is 298 g/mol. The third-order valence-corrected chi connectivity index (χ3v) is 2.89. The molecule has 0 saturated heterocycles.